The third-order valence-electron chi connectivity index (χ3n) is 3.11. The Morgan fingerprint density at radius 3 is 3.10 bits per heavy atom. The summed E-state index contributed by atoms with van der Waals surface area (Å²) in [6.07, 6.45) is 2.19. The van der Waals surface area contributed by atoms with Crippen LogP contribution in [-0.2, 0) is 11.3 Å². The summed E-state index contributed by atoms with van der Waals surface area (Å²) in [7, 11) is 0. The Bertz CT molecular complexity index is 504. The Morgan fingerprint density at radius 2 is 2.38 bits per heavy atom. The van der Waals surface area contributed by atoms with Gasteiger partial charge in [-0.15, -0.1) is 5.10 Å². The van der Waals surface area contributed by atoms with Gasteiger partial charge in [-0.2, -0.15) is 0 Å². The molecule has 2 N–H and O–H groups in total. The average Bonchev–Trinajstić information content (AvgIpc) is 2.80. The molecule has 0 spiro atoms. The monoisotopic (exact) mass is 297 g/mol. The molecule has 1 unspecified atom stereocenters. The maximum Gasteiger partial charge on any atom is 0.358 e. The molecule has 1 aliphatic heterocycles. The number of carbonyl (C=O) groups is 2. The molecule has 2 amide bonds. The summed E-state index contributed by atoms with van der Waals surface area (Å²) in [4.78, 5) is 24.4. The lowest BCUT2D eigenvalue weighted by atomic mass is 10.3. The maximum atomic E-state index is 12.0. The van der Waals surface area contributed by atoms with E-state index in [4.69, 9.17) is 9.84 Å². The number of rotatable bonds is 4. The highest BCUT2D eigenvalue weighted by Crippen LogP contribution is 2.05. The van der Waals surface area contributed by atoms with Crippen LogP contribution in [0.3, 0.4) is 0 Å². The summed E-state index contributed by atoms with van der Waals surface area (Å²) >= 11 is 0. The highest BCUT2D eigenvalue weighted by molar-refractivity contribution is 5.84. The average molecular weight is 297 g/mol. The van der Waals surface area contributed by atoms with Gasteiger partial charge < -0.3 is 20.1 Å². The smallest absolute Gasteiger partial charge is 0.358 e. The van der Waals surface area contributed by atoms with Gasteiger partial charge in [-0.3, -0.25) is 0 Å². The number of carbonyl (C=O) groups excluding carboxylic acids is 1. The quantitative estimate of drug-likeness (QED) is 0.796. The Morgan fingerprint density at radius 1 is 1.57 bits per heavy atom. The van der Waals surface area contributed by atoms with Crippen LogP contribution >= 0.6 is 0 Å². The van der Waals surface area contributed by atoms with Gasteiger partial charge in [0, 0.05) is 26.2 Å². The Kier molecular flexibility index (Phi) is 5.09. The fourth-order valence-corrected chi connectivity index (χ4v) is 2.07. The third-order valence-corrected chi connectivity index (χ3v) is 3.11. The second-order valence-corrected chi connectivity index (χ2v) is 4.88. The molecule has 1 atom stereocenters. The van der Waals surface area contributed by atoms with Crippen molar-refractivity contribution in [1.82, 2.24) is 25.2 Å². The van der Waals surface area contributed by atoms with Crippen LogP contribution < -0.4 is 5.32 Å². The second kappa shape index (κ2) is 7.02. The highest BCUT2D eigenvalue weighted by Gasteiger charge is 2.19. The molecule has 2 heterocycles. The number of nitrogens with one attached hydrogen (secondary N) is 1. The van der Waals surface area contributed by atoms with Crippen LogP contribution in [0.2, 0.25) is 0 Å². The zero-order chi connectivity index (χ0) is 15.2. The number of ether oxygens (including phenoxy) is 1. The number of hydrogen-bond donors (Lipinski definition) is 2. The zero-order valence-electron chi connectivity index (χ0n) is 11.9. The van der Waals surface area contributed by atoms with E-state index in [1.807, 2.05) is 6.92 Å². The molecule has 9 nitrogen and oxygen atoms in total. The van der Waals surface area contributed by atoms with Crippen molar-refractivity contribution < 1.29 is 19.4 Å². The van der Waals surface area contributed by atoms with Gasteiger partial charge >= 0.3 is 12.0 Å². The number of aromatic carboxylic acids is 1. The lowest BCUT2D eigenvalue weighted by Gasteiger charge is -2.22. The van der Waals surface area contributed by atoms with E-state index < -0.39 is 5.97 Å². The van der Waals surface area contributed by atoms with Gasteiger partial charge in [0.2, 0.25) is 0 Å². The Labute approximate surface area is 121 Å². The van der Waals surface area contributed by atoms with Crippen LogP contribution in [0.5, 0.6) is 0 Å². The molecule has 1 aromatic heterocycles. The van der Waals surface area contributed by atoms with Gasteiger partial charge in [0.1, 0.15) is 0 Å². The molecule has 1 saturated heterocycles. The lowest BCUT2D eigenvalue weighted by Crippen LogP contribution is -2.43. The van der Waals surface area contributed by atoms with Gasteiger partial charge in [-0.1, -0.05) is 5.21 Å². The van der Waals surface area contributed by atoms with E-state index in [0.29, 0.717) is 32.8 Å². The minimum atomic E-state index is -1.12. The highest BCUT2D eigenvalue weighted by atomic mass is 16.5. The molecule has 116 valence electrons. The standard InChI is InChI=1S/C12H19N5O4/c1-9-7-16(4-2-6-21-9)12(20)13-3-5-17-8-10(11(18)19)14-15-17/h8-9H,2-7H2,1H3,(H,13,20)(H,18,19). The van der Waals surface area contributed by atoms with Crippen LogP contribution in [0, 0.1) is 0 Å². The molecule has 0 bridgehead atoms. The van der Waals surface area contributed by atoms with E-state index in [0.717, 1.165) is 6.42 Å². The first kappa shape index (κ1) is 15.2. The van der Waals surface area contributed by atoms with Gasteiger partial charge in [0.05, 0.1) is 18.8 Å². The van der Waals surface area contributed by atoms with Crippen molar-refractivity contribution in [3.05, 3.63) is 11.9 Å². The van der Waals surface area contributed by atoms with Crippen LogP contribution in [0.25, 0.3) is 0 Å². The van der Waals surface area contributed by atoms with Crippen molar-refractivity contribution in [2.24, 2.45) is 0 Å². The summed E-state index contributed by atoms with van der Waals surface area (Å²) in [5.74, 6) is -1.12. The van der Waals surface area contributed by atoms with Gasteiger partial charge in [-0.05, 0) is 13.3 Å². The molecule has 0 saturated carbocycles. The normalized spacial score (nSPS) is 19.1. The summed E-state index contributed by atoms with van der Waals surface area (Å²) in [6.45, 7) is 4.57. The molecular weight excluding hydrogens is 278 g/mol. The van der Waals surface area contributed by atoms with Gasteiger partial charge in [-0.25, -0.2) is 14.3 Å². The number of hydrogen-bond acceptors (Lipinski definition) is 5. The molecule has 1 aromatic rings. The largest absolute Gasteiger partial charge is 0.476 e. The minimum absolute atomic E-state index is 0.0340. The molecule has 0 aromatic carbocycles. The number of aromatic nitrogens is 3. The van der Waals surface area contributed by atoms with E-state index in [-0.39, 0.29) is 17.8 Å². The predicted molar refractivity (Wildman–Crippen MR) is 72.0 cm³/mol. The van der Waals surface area contributed by atoms with Crippen molar-refractivity contribution in [3.63, 3.8) is 0 Å². The van der Waals surface area contributed by atoms with E-state index in [9.17, 15) is 9.59 Å². The van der Waals surface area contributed by atoms with Crippen molar-refractivity contribution in [3.8, 4) is 0 Å². The van der Waals surface area contributed by atoms with Crippen LogP contribution in [0.1, 0.15) is 23.8 Å². The summed E-state index contributed by atoms with van der Waals surface area (Å²) in [5, 5.41) is 18.7. The zero-order valence-corrected chi connectivity index (χ0v) is 11.9. The maximum absolute atomic E-state index is 12.0. The fraction of sp³-hybridized carbons (Fsp3) is 0.667. The number of carboxylic acids is 1. The van der Waals surface area contributed by atoms with Crippen LogP contribution in [-0.4, -0.2) is 69.3 Å². The Hall–Kier alpha value is -2.16. The Balaban J connectivity index is 1.76. The molecule has 1 aliphatic rings. The topological polar surface area (TPSA) is 110 Å². The van der Waals surface area contributed by atoms with Crippen LogP contribution in [0.4, 0.5) is 4.79 Å². The third kappa shape index (κ3) is 4.42. The summed E-state index contributed by atoms with van der Waals surface area (Å²) in [6, 6.07) is -0.147. The van der Waals surface area contributed by atoms with E-state index in [1.165, 1.54) is 10.9 Å². The van der Waals surface area contributed by atoms with Crippen molar-refractivity contribution in [2.75, 3.05) is 26.2 Å². The second-order valence-electron chi connectivity index (χ2n) is 4.88. The van der Waals surface area contributed by atoms with Crippen molar-refractivity contribution in [2.45, 2.75) is 26.0 Å². The van der Waals surface area contributed by atoms with Gasteiger partial charge in [0.15, 0.2) is 5.69 Å². The molecule has 1 fully saturated rings. The first-order chi connectivity index (χ1) is 10.1. The SMILES string of the molecule is CC1CN(C(=O)NCCn2cc(C(=O)O)nn2)CCCO1. The number of amides is 2. The minimum Gasteiger partial charge on any atom is -0.476 e. The van der Waals surface area contributed by atoms with Crippen LogP contribution in [0.15, 0.2) is 6.20 Å². The van der Waals surface area contributed by atoms with Crippen molar-refractivity contribution >= 4 is 12.0 Å². The first-order valence-electron chi connectivity index (χ1n) is 6.84. The molecule has 0 radical (unpaired) electrons. The molecular formula is C12H19N5O4. The lowest BCUT2D eigenvalue weighted by molar-refractivity contribution is 0.0690. The molecule has 21 heavy (non-hydrogen) atoms. The number of urea groups is 1. The number of carboxylic acid groups (broad SMARTS) is 1. The summed E-state index contributed by atoms with van der Waals surface area (Å²) < 4.78 is 6.87. The summed E-state index contributed by atoms with van der Waals surface area (Å²) in [5.41, 5.74) is -0.111. The fourth-order valence-electron chi connectivity index (χ4n) is 2.07. The van der Waals surface area contributed by atoms with E-state index in [1.54, 1.807) is 4.90 Å². The predicted octanol–water partition coefficient (Wildman–Crippen LogP) is -0.203. The molecule has 2 rings (SSSR count). The molecule has 0 aliphatic carbocycles. The first-order valence-corrected chi connectivity index (χ1v) is 6.84. The number of nitrogens with zero attached hydrogens (tertiary/aromatic N) is 4. The van der Waals surface area contributed by atoms with E-state index in [2.05, 4.69) is 15.6 Å². The molecule has 9 heteroatoms. The van der Waals surface area contributed by atoms with Crippen molar-refractivity contribution in [1.29, 1.82) is 0 Å². The van der Waals surface area contributed by atoms with E-state index >= 15 is 0 Å². The van der Waals surface area contributed by atoms with Gasteiger partial charge in [0.25, 0.3) is 0 Å².